The van der Waals surface area contributed by atoms with Crippen LogP contribution in [0, 0.1) is 40.4 Å². The normalized spacial score (nSPS) is 46.3. The first kappa shape index (κ1) is 22.3. The van der Waals surface area contributed by atoms with Gasteiger partial charge in [-0.05, 0) is 92.8 Å². The number of rotatable bonds is 5. The van der Waals surface area contributed by atoms with E-state index in [1.807, 2.05) is 0 Å². The van der Waals surface area contributed by atoms with E-state index < -0.39 is 0 Å². The van der Waals surface area contributed by atoms with Gasteiger partial charge < -0.3 is 14.9 Å². The molecule has 0 aromatic carbocycles. The lowest BCUT2D eigenvalue weighted by Gasteiger charge is -2.62. The smallest absolute Gasteiger partial charge is 0.305 e. The summed E-state index contributed by atoms with van der Waals surface area (Å²) in [6.07, 6.45) is 11.8. The Morgan fingerprint density at radius 2 is 1.97 bits per heavy atom. The number of ether oxygens (including phenoxy) is 1. The van der Waals surface area contributed by atoms with Gasteiger partial charge in [0.05, 0.1) is 19.3 Å². The number of fused-ring (bicyclic) bond motifs is 5. The van der Waals surface area contributed by atoms with Gasteiger partial charge in [-0.2, -0.15) is 0 Å². The van der Waals surface area contributed by atoms with Gasteiger partial charge in [0.1, 0.15) is 0 Å². The lowest BCUT2D eigenvalue weighted by atomic mass is 9.44. The molecule has 4 heteroatoms. The largest absolute Gasteiger partial charge is 0.469 e. The first-order valence-corrected chi connectivity index (χ1v) is 12.3. The van der Waals surface area contributed by atoms with Crippen molar-refractivity contribution < 1.29 is 19.7 Å². The molecule has 4 aliphatic rings. The van der Waals surface area contributed by atoms with Crippen LogP contribution in [0.2, 0.25) is 0 Å². The van der Waals surface area contributed by atoms with E-state index in [0.717, 1.165) is 44.9 Å². The molecule has 0 amide bonds. The minimum absolute atomic E-state index is 0.121. The van der Waals surface area contributed by atoms with Gasteiger partial charge in [-0.15, -0.1) is 0 Å². The maximum atomic E-state index is 11.5. The van der Waals surface area contributed by atoms with Crippen molar-refractivity contribution >= 4 is 5.97 Å². The zero-order valence-electron chi connectivity index (χ0n) is 19.4. The Morgan fingerprint density at radius 3 is 2.70 bits per heavy atom. The van der Waals surface area contributed by atoms with E-state index in [4.69, 9.17) is 4.74 Å². The number of carbonyl (C=O) groups is 1. The van der Waals surface area contributed by atoms with Crippen molar-refractivity contribution in [1.82, 2.24) is 0 Å². The molecule has 4 nitrogen and oxygen atoms in total. The molecule has 3 saturated carbocycles. The van der Waals surface area contributed by atoms with E-state index >= 15 is 0 Å². The van der Waals surface area contributed by atoms with Crippen molar-refractivity contribution in [2.75, 3.05) is 7.11 Å². The quantitative estimate of drug-likeness (QED) is 0.493. The van der Waals surface area contributed by atoms with Crippen molar-refractivity contribution in [2.45, 2.75) is 97.2 Å². The Balaban J connectivity index is 1.50. The Hall–Kier alpha value is -0.870. The van der Waals surface area contributed by atoms with Gasteiger partial charge in [0.25, 0.3) is 0 Å². The zero-order valence-corrected chi connectivity index (χ0v) is 19.4. The lowest BCUT2D eigenvalue weighted by molar-refractivity contribution is -0.156. The summed E-state index contributed by atoms with van der Waals surface area (Å²) in [6, 6.07) is 0. The van der Waals surface area contributed by atoms with Gasteiger partial charge in [-0.25, -0.2) is 0 Å². The minimum atomic E-state index is -0.289. The third-order valence-corrected chi connectivity index (χ3v) is 10.2. The standard InChI is InChI=1S/C26H42O4/c1-16(6-5-7-24(29)30-4)20-10-11-21-19-9-8-17-14-18(27)12-13-25(17,2)22(19)15-23(28)26(20,21)3/h10,16-19,21-23,27-28H,5-9,11-15H2,1-4H3/t16-,17-,18-,19?,21?,22?,23+,25+,26-/m1/s1. The molecule has 0 radical (unpaired) electrons. The molecule has 3 unspecified atom stereocenters. The maximum absolute atomic E-state index is 11.5. The van der Waals surface area contributed by atoms with Crippen molar-refractivity contribution in [3.8, 4) is 0 Å². The van der Waals surface area contributed by atoms with Gasteiger partial charge in [0, 0.05) is 11.8 Å². The zero-order chi connectivity index (χ0) is 21.7. The number of hydrogen-bond donors (Lipinski definition) is 2. The molecule has 0 heterocycles. The van der Waals surface area contributed by atoms with Gasteiger partial charge in [-0.1, -0.05) is 32.4 Å². The van der Waals surface area contributed by atoms with E-state index in [2.05, 4.69) is 26.8 Å². The molecule has 4 rings (SSSR count). The molecule has 0 spiro atoms. The van der Waals surface area contributed by atoms with Gasteiger partial charge in [0.2, 0.25) is 0 Å². The highest BCUT2D eigenvalue weighted by molar-refractivity contribution is 5.69. The fourth-order valence-corrected chi connectivity index (χ4v) is 8.36. The third kappa shape index (κ3) is 3.46. The van der Waals surface area contributed by atoms with Crippen molar-refractivity contribution in [3.63, 3.8) is 0 Å². The van der Waals surface area contributed by atoms with E-state index in [9.17, 15) is 15.0 Å². The van der Waals surface area contributed by atoms with Crippen LogP contribution in [-0.2, 0) is 9.53 Å². The van der Waals surface area contributed by atoms with Crippen molar-refractivity contribution in [2.24, 2.45) is 40.4 Å². The fraction of sp³-hybridized carbons (Fsp3) is 0.885. The van der Waals surface area contributed by atoms with Crippen LogP contribution < -0.4 is 0 Å². The third-order valence-electron chi connectivity index (χ3n) is 10.2. The van der Waals surface area contributed by atoms with Crippen LogP contribution >= 0.6 is 0 Å². The number of aliphatic hydroxyl groups excluding tert-OH is 2. The summed E-state index contributed by atoms with van der Waals surface area (Å²) in [5.41, 5.74) is 1.59. The van der Waals surface area contributed by atoms with Gasteiger partial charge in [0.15, 0.2) is 0 Å². The van der Waals surface area contributed by atoms with E-state index in [1.54, 1.807) is 0 Å². The monoisotopic (exact) mass is 418 g/mol. The first-order valence-electron chi connectivity index (χ1n) is 12.3. The Labute approximate surface area is 182 Å². The summed E-state index contributed by atoms with van der Waals surface area (Å²) in [5.74, 6) is 2.69. The molecule has 0 aromatic rings. The van der Waals surface area contributed by atoms with E-state index in [1.165, 1.54) is 25.5 Å². The predicted molar refractivity (Wildman–Crippen MR) is 118 cm³/mol. The molecule has 170 valence electrons. The SMILES string of the molecule is COC(=O)CCC[C@@H](C)C1=CCC2C3CC[C@@H]4C[C@H](O)CC[C@]4(C)C3C[C@H](O)[C@]12C. The Bertz CT molecular complexity index is 687. The van der Waals surface area contributed by atoms with Crippen molar-refractivity contribution in [1.29, 1.82) is 0 Å². The van der Waals surface area contributed by atoms with Gasteiger partial charge in [-0.3, -0.25) is 4.79 Å². The molecular weight excluding hydrogens is 376 g/mol. The summed E-state index contributed by atoms with van der Waals surface area (Å²) in [4.78, 5) is 11.5. The van der Waals surface area contributed by atoms with E-state index in [-0.39, 0.29) is 29.0 Å². The molecule has 9 atom stereocenters. The molecule has 0 aliphatic heterocycles. The molecule has 0 saturated heterocycles. The number of esters is 1. The van der Waals surface area contributed by atoms with E-state index in [0.29, 0.717) is 36.0 Å². The second-order valence-electron chi connectivity index (χ2n) is 11.4. The fourth-order valence-electron chi connectivity index (χ4n) is 8.36. The minimum Gasteiger partial charge on any atom is -0.469 e. The summed E-state index contributed by atoms with van der Waals surface area (Å²) in [7, 11) is 1.45. The predicted octanol–water partition coefficient (Wildman–Crippen LogP) is 4.88. The summed E-state index contributed by atoms with van der Waals surface area (Å²) < 4.78 is 4.79. The van der Waals surface area contributed by atoms with Crippen molar-refractivity contribution in [3.05, 3.63) is 11.6 Å². The molecule has 30 heavy (non-hydrogen) atoms. The summed E-state index contributed by atoms with van der Waals surface area (Å²) in [5, 5.41) is 21.8. The highest BCUT2D eigenvalue weighted by Gasteiger charge is 2.61. The number of allylic oxidation sites excluding steroid dienone is 1. The average Bonchev–Trinajstić information content (AvgIpc) is 3.08. The van der Waals surface area contributed by atoms with Crippen LogP contribution in [0.4, 0.5) is 0 Å². The number of methoxy groups -OCH3 is 1. The molecule has 3 fully saturated rings. The summed E-state index contributed by atoms with van der Waals surface area (Å²) >= 11 is 0. The van der Waals surface area contributed by atoms with Crippen LogP contribution in [-0.4, -0.2) is 35.5 Å². The Morgan fingerprint density at radius 1 is 1.20 bits per heavy atom. The van der Waals surface area contributed by atoms with Crippen LogP contribution in [0.15, 0.2) is 11.6 Å². The first-order chi connectivity index (χ1) is 14.2. The summed E-state index contributed by atoms with van der Waals surface area (Å²) in [6.45, 7) is 7.07. The molecule has 0 aromatic heterocycles. The lowest BCUT2D eigenvalue weighted by Crippen LogP contribution is -2.58. The van der Waals surface area contributed by atoms with Crippen LogP contribution in [0.25, 0.3) is 0 Å². The number of hydrogen-bond acceptors (Lipinski definition) is 4. The van der Waals surface area contributed by atoms with Gasteiger partial charge >= 0.3 is 5.97 Å². The highest BCUT2D eigenvalue weighted by atomic mass is 16.5. The van der Waals surface area contributed by atoms with Crippen LogP contribution in [0.1, 0.15) is 85.0 Å². The maximum Gasteiger partial charge on any atom is 0.305 e. The highest BCUT2D eigenvalue weighted by Crippen LogP contribution is 2.67. The topological polar surface area (TPSA) is 66.8 Å². The number of carbonyl (C=O) groups excluding carboxylic acids is 1. The molecule has 0 bridgehead atoms. The average molecular weight is 419 g/mol. The molecule has 2 N–H and O–H groups in total. The molecular formula is C26H42O4. The van der Waals surface area contributed by atoms with Crippen LogP contribution in [0.5, 0.6) is 0 Å². The van der Waals surface area contributed by atoms with Crippen LogP contribution in [0.3, 0.4) is 0 Å². The second kappa shape index (κ2) is 8.24. The number of aliphatic hydroxyl groups is 2. The Kier molecular flexibility index (Phi) is 6.13. The second-order valence-corrected chi connectivity index (χ2v) is 11.4. The molecule has 4 aliphatic carbocycles.